The number of aromatic nitrogens is 4. The van der Waals surface area contributed by atoms with Gasteiger partial charge in [-0.15, -0.1) is 6.42 Å². The minimum Gasteiger partial charge on any atom is -0.508 e. The van der Waals surface area contributed by atoms with Gasteiger partial charge in [0.05, 0.1) is 29.7 Å². The second-order valence-corrected chi connectivity index (χ2v) is 23.1. The number of aliphatic hydroxyl groups excluding tert-OH is 1. The molecule has 6 aromatic rings. The summed E-state index contributed by atoms with van der Waals surface area (Å²) < 4.78 is 85.4. The maximum absolute atomic E-state index is 17.1. The van der Waals surface area contributed by atoms with E-state index in [9.17, 15) is 37.8 Å². The minimum atomic E-state index is -4.65. The third-order valence-electron chi connectivity index (χ3n) is 16.2. The van der Waals surface area contributed by atoms with Crippen LogP contribution in [0.2, 0.25) is 0 Å². The highest BCUT2D eigenvalue weighted by Gasteiger charge is 2.45. The first-order valence-corrected chi connectivity index (χ1v) is 28.1. The number of alkyl halides is 3. The molecule has 0 saturated carbocycles. The number of benzene rings is 3. The zero-order valence-electron chi connectivity index (χ0n) is 46.6. The summed E-state index contributed by atoms with van der Waals surface area (Å²) in [6, 6.07) is 12.1. The van der Waals surface area contributed by atoms with E-state index in [1.54, 1.807) is 39.8 Å². The Bertz CT molecular complexity index is 3440. The van der Waals surface area contributed by atoms with Crippen molar-refractivity contribution >= 4 is 45.2 Å². The fraction of sp³-hybridized carbons (Fsp3) is 0.459. The van der Waals surface area contributed by atoms with Crippen LogP contribution in [0.3, 0.4) is 0 Å². The van der Waals surface area contributed by atoms with Gasteiger partial charge in [0, 0.05) is 92.7 Å². The van der Waals surface area contributed by atoms with Crippen LogP contribution < -0.4 is 25.6 Å². The maximum Gasteiger partial charge on any atom is 0.433 e. The minimum absolute atomic E-state index is 0.0113. The fourth-order valence-corrected chi connectivity index (χ4v) is 12.0. The van der Waals surface area contributed by atoms with Crippen LogP contribution in [0.15, 0.2) is 73.1 Å². The first-order valence-electron chi connectivity index (χ1n) is 28.1. The van der Waals surface area contributed by atoms with Crippen LogP contribution in [0.1, 0.15) is 95.5 Å². The normalized spacial score (nSPS) is 20.9. The van der Waals surface area contributed by atoms with Gasteiger partial charge in [-0.2, -0.15) is 23.1 Å². The van der Waals surface area contributed by atoms with Crippen LogP contribution in [-0.4, -0.2) is 147 Å². The van der Waals surface area contributed by atoms with Gasteiger partial charge in [-0.05, 0) is 91.8 Å². The van der Waals surface area contributed by atoms with Crippen molar-refractivity contribution in [2.75, 3.05) is 57.4 Å². The van der Waals surface area contributed by atoms with E-state index in [0.29, 0.717) is 60.4 Å². The number of phenolic OH excluding ortho intramolecular Hbond substituents is 1. The van der Waals surface area contributed by atoms with Crippen molar-refractivity contribution in [2.24, 2.45) is 5.41 Å². The molecule has 7 heterocycles. The third kappa shape index (κ3) is 12.8. The van der Waals surface area contributed by atoms with Crippen LogP contribution in [0.25, 0.3) is 44.1 Å². The van der Waals surface area contributed by atoms with Gasteiger partial charge in [-0.1, -0.05) is 63.1 Å². The number of carbonyl (C=O) groups excluding carboxylic acids is 3. The average molecular weight is 1150 g/mol. The van der Waals surface area contributed by atoms with E-state index < -0.39 is 70.9 Å². The Morgan fingerprint density at radius 1 is 0.940 bits per heavy atom. The molecule has 4 aliphatic rings. The molecule has 22 heteroatoms. The molecule has 438 valence electrons. The zero-order valence-corrected chi connectivity index (χ0v) is 46.6. The number of anilines is 1. The summed E-state index contributed by atoms with van der Waals surface area (Å²) in [5.74, 6) is -0.277. The van der Waals surface area contributed by atoms with Crippen molar-refractivity contribution in [1.82, 2.24) is 45.7 Å². The molecule has 10 rings (SSSR count). The zero-order chi connectivity index (χ0) is 58.9. The van der Waals surface area contributed by atoms with E-state index in [4.69, 9.17) is 20.9 Å². The number of rotatable bonds is 18. The summed E-state index contributed by atoms with van der Waals surface area (Å²) in [5.41, 5.74) is -1.17. The number of ether oxygens (including phenoxy) is 2. The lowest BCUT2D eigenvalue weighted by Crippen LogP contribution is -2.58. The molecule has 0 radical (unpaired) electrons. The summed E-state index contributed by atoms with van der Waals surface area (Å²) in [5, 5.41) is 31.8. The molecular formula is C61H67F5N10O7. The van der Waals surface area contributed by atoms with Gasteiger partial charge in [0.1, 0.15) is 47.3 Å². The number of nitrogens with zero attached hydrogens (tertiary/aromatic N) is 7. The topological polar surface area (TPSA) is 208 Å². The predicted octanol–water partition coefficient (Wildman–Crippen LogP) is 7.84. The Morgan fingerprint density at radius 3 is 2.42 bits per heavy atom. The van der Waals surface area contributed by atoms with Gasteiger partial charge in [0.2, 0.25) is 17.7 Å². The molecule has 3 aromatic heterocycles. The number of amides is 3. The first-order chi connectivity index (χ1) is 39.6. The number of pyridine rings is 2. The number of aliphatic hydroxyl groups is 1. The number of carbonyl (C=O) groups is 3. The smallest absolute Gasteiger partial charge is 0.433 e. The molecular weight excluding hydrogens is 1080 g/mol. The molecule has 4 aliphatic heterocycles. The number of β-amino-alcohol motifs (C(OH)–C–C–N with tert-alkyl or cyclic N) is 1. The largest absolute Gasteiger partial charge is 0.508 e. The summed E-state index contributed by atoms with van der Waals surface area (Å²) in [4.78, 5) is 64.7. The van der Waals surface area contributed by atoms with E-state index in [1.165, 1.54) is 59.6 Å². The summed E-state index contributed by atoms with van der Waals surface area (Å²) in [6.45, 7) is 10.3. The molecule has 2 bridgehead atoms. The van der Waals surface area contributed by atoms with Crippen molar-refractivity contribution < 1.29 is 56.0 Å². The number of fused-ring (bicyclic) bond motifs is 4. The molecule has 0 aliphatic carbocycles. The van der Waals surface area contributed by atoms with Gasteiger partial charge in [-0.25, -0.2) is 8.78 Å². The average Bonchev–Trinajstić information content (AvgIpc) is 3.79. The lowest BCUT2D eigenvalue weighted by atomic mass is 9.85. The number of aromatic hydroxyl groups is 1. The molecule has 0 spiro atoms. The molecule has 2 unspecified atom stereocenters. The van der Waals surface area contributed by atoms with Crippen molar-refractivity contribution in [3.63, 3.8) is 0 Å². The Morgan fingerprint density at radius 2 is 1.70 bits per heavy atom. The van der Waals surface area contributed by atoms with E-state index >= 15 is 8.78 Å². The summed E-state index contributed by atoms with van der Waals surface area (Å²) in [7, 11) is 0. The Hall–Kier alpha value is -7.58. The van der Waals surface area contributed by atoms with Crippen molar-refractivity contribution in [1.29, 1.82) is 0 Å². The molecule has 83 heavy (non-hydrogen) atoms. The van der Waals surface area contributed by atoms with Crippen molar-refractivity contribution in [3.05, 3.63) is 102 Å². The van der Waals surface area contributed by atoms with E-state index in [1.807, 2.05) is 0 Å². The number of likely N-dealkylation sites (tertiary alicyclic amines) is 2. The highest BCUT2D eigenvalue weighted by Crippen LogP contribution is 2.40. The van der Waals surface area contributed by atoms with Gasteiger partial charge < -0.3 is 45.4 Å². The first kappa shape index (κ1) is 58.6. The Balaban J connectivity index is 0.729. The quantitative estimate of drug-likeness (QED) is 0.0316. The lowest BCUT2D eigenvalue weighted by Gasteiger charge is -2.35. The number of piperazine rings is 1. The monoisotopic (exact) mass is 1150 g/mol. The maximum atomic E-state index is 17.1. The van der Waals surface area contributed by atoms with Crippen LogP contribution in [0, 0.1) is 29.4 Å². The highest BCUT2D eigenvalue weighted by atomic mass is 19.4. The SMILES string of the molecule is C#Cc1c(F)ccc2cc(O)cc(-c3ncc4c(N5CC6CCC(C5)N6)nc(OC[C@@H]5CCCN5CCCOCCC(=O)N[C@H](C(=O)N5C[C@H](O)C[C@H]5C(=O)N[C@@H](C)c5ccc(-c6cccnc6C(F)(F)F)cc5)C(C)(C)C)nc4c3F)c12. The van der Waals surface area contributed by atoms with Gasteiger partial charge in [0.25, 0.3) is 0 Å². The van der Waals surface area contributed by atoms with Crippen LogP contribution >= 0.6 is 0 Å². The van der Waals surface area contributed by atoms with Gasteiger partial charge in [-0.3, -0.25) is 29.3 Å². The highest BCUT2D eigenvalue weighted by molar-refractivity contribution is 6.03. The lowest BCUT2D eigenvalue weighted by molar-refractivity contribution is -0.144. The third-order valence-corrected chi connectivity index (χ3v) is 16.2. The van der Waals surface area contributed by atoms with E-state index in [0.717, 1.165) is 38.4 Å². The number of halogens is 5. The van der Waals surface area contributed by atoms with Crippen LogP contribution in [0.4, 0.5) is 27.8 Å². The molecule has 3 amide bonds. The number of hydrogen-bond donors (Lipinski definition) is 5. The fourth-order valence-electron chi connectivity index (χ4n) is 12.0. The van der Waals surface area contributed by atoms with Gasteiger partial charge in [0.15, 0.2) is 11.5 Å². The Labute approximate surface area is 477 Å². The van der Waals surface area contributed by atoms with Gasteiger partial charge >= 0.3 is 12.2 Å². The molecule has 4 fully saturated rings. The molecule has 4 saturated heterocycles. The van der Waals surface area contributed by atoms with Crippen LogP contribution in [0.5, 0.6) is 11.8 Å². The number of hydrogen-bond acceptors (Lipinski definition) is 14. The van der Waals surface area contributed by atoms with Crippen LogP contribution in [-0.2, 0) is 25.3 Å². The predicted molar refractivity (Wildman–Crippen MR) is 301 cm³/mol. The molecule has 7 atom stereocenters. The van der Waals surface area contributed by atoms with E-state index in [-0.39, 0.29) is 95.8 Å². The summed E-state index contributed by atoms with van der Waals surface area (Å²) in [6.07, 6.45) is 7.00. The number of nitrogens with one attached hydrogen (secondary N) is 3. The summed E-state index contributed by atoms with van der Waals surface area (Å²) >= 11 is 0. The van der Waals surface area contributed by atoms with Crippen molar-refractivity contribution in [3.8, 4) is 46.5 Å². The second kappa shape index (κ2) is 24.3. The standard InChI is InChI=1S/C61H67F5N10O7/c1-6-43-47(62)19-16-37-26-41(77)27-45(50(37)43)52-51(63)53-46(29-68-52)56(75-30-38-17-18-39(31-75)70-38)73-59(72-53)83-33-40-10-8-22-74(40)23-9-24-82-25-20-49(79)71-55(60(3,4)5)58(81)76-32-42(78)28-48(76)57(80)69-34(2)35-12-14-36(15-13-35)44-11-7-21-67-54(44)61(64,65)66/h1,7,11-16,19,21,26-27,29,34,38-40,42,48,55,70,77-78H,8-10,17-18,20,22-25,28,30-33H2,2-5H3,(H,69,80)(H,71,79)/t34-,38?,39?,40-,42+,48-,55+/m0/s1. The molecule has 5 N–H and O–H groups in total. The Kier molecular flexibility index (Phi) is 17.2. The van der Waals surface area contributed by atoms with E-state index in [2.05, 4.69) is 46.6 Å². The molecule has 17 nitrogen and oxygen atoms in total. The van der Waals surface area contributed by atoms with Crippen molar-refractivity contribution in [2.45, 2.75) is 121 Å². The second-order valence-electron chi connectivity index (χ2n) is 23.1. The molecule has 3 aromatic carbocycles. The number of terminal acetylenes is 1. The number of phenols is 1.